The van der Waals surface area contributed by atoms with E-state index in [9.17, 15) is 9.59 Å². The normalized spacial score (nSPS) is 23.2. The van der Waals surface area contributed by atoms with E-state index in [1.165, 1.54) is 0 Å². The Bertz CT molecular complexity index is 338. The van der Waals surface area contributed by atoms with Crippen molar-refractivity contribution in [3.8, 4) is 0 Å². The van der Waals surface area contributed by atoms with Gasteiger partial charge in [-0.2, -0.15) is 0 Å². The summed E-state index contributed by atoms with van der Waals surface area (Å²) in [5.41, 5.74) is -1.02. The van der Waals surface area contributed by atoms with Crippen LogP contribution in [-0.4, -0.2) is 29.3 Å². The molecule has 104 valence electrons. The molecule has 1 aliphatic rings. The van der Waals surface area contributed by atoms with Gasteiger partial charge in [-0.15, -0.1) is 0 Å². The van der Waals surface area contributed by atoms with Crippen LogP contribution in [0.2, 0.25) is 0 Å². The SMILES string of the molecule is CC(C)(C)OC(=O)N[C@H]1C[C@H]1C(=O)OC(C)(C)C. The van der Waals surface area contributed by atoms with Crippen molar-refractivity contribution in [1.29, 1.82) is 0 Å². The van der Waals surface area contributed by atoms with Crippen LogP contribution in [-0.2, 0) is 14.3 Å². The lowest BCUT2D eigenvalue weighted by Crippen LogP contribution is -2.35. The highest BCUT2D eigenvalue weighted by Gasteiger charge is 2.47. The first-order chi connectivity index (χ1) is 7.98. The number of ether oxygens (including phenoxy) is 2. The molecule has 0 aromatic rings. The number of esters is 1. The molecule has 1 saturated carbocycles. The van der Waals surface area contributed by atoms with E-state index in [1.54, 1.807) is 20.8 Å². The number of hydrogen-bond acceptors (Lipinski definition) is 4. The maximum atomic E-state index is 11.7. The highest BCUT2D eigenvalue weighted by molar-refractivity contribution is 5.79. The maximum Gasteiger partial charge on any atom is 0.407 e. The average Bonchev–Trinajstić information content (AvgIpc) is 2.75. The monoisotopic (exact) mass is 257 g/mol. The average molecular weight is 257 g/mol. The van der Waals surface area contributed by atoms with Crippen LogP contribution in [0, 0.1) is 5.92 Å². The van der Waals surface area contributed by atoms with Crippen LogP contribution in [0.25, 0.3) is 0 Å². The summed E-state index contributed by atoms with van der Waals surface area (Å²) in [5.74, 6) is -0.500. The molecule has 1 N–H and O–H groups in total. The minimum Gasteiger partial charge on any atom is -0.460 e. The molecule has 5 heteroatoms. The Morgan fingerprint density at radius 3 is 1.94 bits per heavy atom. The van der Waals surface area contributed by atoms with Crippen molar-refractivity contribution >= 4 is 12.1 Å². The van der Waals surface area contributed by atoms with Gasteiger partial charge in [-0.1, -0.05) is 0 Å². The summed E-state index contributed by atoms with van der Waals surface area (Å²) in [6.45, 7) is 10.9. The fourth-order valence-electron chi connectivity index (χ4n) is 1.45. The van der Waals surface area contributed by atoms with E-state index in [1.807, 2.05) is 20.8 Å². The van der Waals surface area contributed by atoms with E-state index >= 15 is 0 Å². The second-order valence-corrected chi connectivity index (χ2v) is 6.63. The molecule has 0 unspecified atom stereocenters. The number of alkyl carbamates (subject to hydrolysis) is 1. The fraction of sp³-hybridized carbons (Fsp3) is 0.846. The van der Waals surface area contributed by atoms with Gasteiger partial charge in [0.2, 0.25) is 0 Å². The molecule has 0 aromatic heterocycles. The van der Waals surface area contributed by atoms with Gasteiger partial charge in [0.15, 0.2) is 0 Å². The molecule has 0 aliphatic heterocycles. The number of amides is 1. The molecular formula is C13H23NO4. The topological polar surface area (TPSA) is 64.6 Å². The first-order valence-corrected chi connectivity index (χ1v) is 6.20. The van der Waals surface area contributed by atoms with Gasteiger partial charge in [-0.25, -0.2) is 4.79 Å². The molecule has 0 aromatic carbocycles. The lowest BCUT2D eigenvalue weighted by molar-refractivity contribution is -0.156. The molecule has 0 saturated heterocycles. The van der Waals surface area contributed by atoms with Crippen molar-refractivity contribution in [3.05, 3.63) is 0 Å². The zero-order valence-corrected chi connectivity index (χ0v) is 12.0. The number of rotatable bonds is 2. The molecule has 0 radical (unpaired) electrons. The van der Waals surface area contributed by atoms with Crippen LogP contribution in [0.1, 0.15) is 48.0 Å². The predicted molar refractivity (Wildman–Crippen MR) is 67.1 cm³/mol. The van der Waals surface area contributed by atoms with E-state index in [4.69, 9.17) is 9.47 Å². The van der Waals surface area contributed by atoms with E-state index in [-0.39, 0.29) is 17.9 Å². The van der Waals surface area contributed by atoms with Crippen molar-refractivity contribution in [2.45, 2.75) is 65.2 Å². The standard InChI is InChI=1S/C13H23NO4/c1-12(2,3)17-10(15)8-7-9(8)14-11(16)18-13(4,5)6/h8-9H,7H2,1-6H3,(H,14,16)/t8-,9+/m1/s1. The van der Waals surface area contributed by atoms with Crippen LogP contribution in [0.3, 0.4) is 0 Å². The summed E-state index contributed by atoms with van der Waals surface area (Å²) in [4.78, 5) is 23.2. The predicted octanol–water partition coefficient (Wildman–Crippen LogP) is 2.24. The maximum absolute atomic E-state index is 11.7. The molecule has 1 aliphatic carbocycles. The molecule has 0 spiro atoms. The summed E-state index contributed by atoms with van der Waals surface area (Å²) in [7, 11) is 0. The summed E-state index contributed by atoms with van der Waals surface area (Å²) in [5, 5.41) is 2.67. The molecule has 1 amide bonds. The van der Waals surface area contributed by atoms with Gasteiger partial charge >= 0.3 is 12.1 Å². The largest absolute Gasteiger partial charge is 0.460 e. The van der Waals surface area contributed by atoms with Crippen LogP contribution in [0.5, 0.6) is 0 Å². The van der Waals surface area contributed by atoms with Crippen molar-refractivity contribution in [3.63, 3.8) is 0 Å². The third-order valence-corrected chi connectivity index (χ3v) is 2.20. The number of carbonyl (C=O) groups is 2. The van der Waals surface area contributed by atoms with Gasteiger partial charge in [0.25, 0.3) is 0 Å². The van der Waals surface area contributed by atoms with Gasteiger partial charge in [0, 0.05) is 6.04 Å². The Morgan fingerprint density at radius 1 is 1.00 bits per heavy atom. The van der Waals surface area contributed by atoms with Crippen molar-refractivity contribution in [2.75, 3.05) is 0 Å². The van der Waals surface area contributed by atoms with E-state index in [0.29, 0.717) is 6.42 Å². The van der Waals surface area contributed by atoms with Crippen molar-refractivity contribution in [2.24, 2.45) is 5.92 Å². The first kappa shape index (κ1) is 14.8. The minimum absolute atomic E-state index is 0.158. The Balaban J connectivity index is 2.33. The van der Waals surface area contributed by atoms with Crippen LogP contribution >= 0.6 is 0 Å². The third kappa shape index (κ3) is 5.38. The molecular weight excluding hydrogens is 234 g/mol. The molecule has 5 nitrogen and oxygen atoms in total. The number of hydrogen-bond donors (Lipinski definition) is 1. The molecule has 0 bridgehead atoms. The molecule has 0 heterocycles. The molecule has 1 rings (SSSR count). The fourth-order valence-corrected chi connectivity index (χ4v) is 1.45. The smallest absolute Gasteiger partial charge is 0.407 e. The molecule has 18 heavy (non-hydrogen) atoms. The van der Waals surface area contributed by atoms with Crippen LogP contribution < -0.4 is 5.32 Å². The summed E-state index contributed by atoms with van der Waals surface area (Å²) < 4.78 is 10.4. The van der Waals surface area contributed by atoms with E-state index in [2.05, 4.69) is 5.32 Å². The van der Waals surface area contributed by atoms with Gasteiger partial charge in [0.1, 0.15) is 11.2 Å². The third-order valence-electron chi connectivity index (χ3n) is 2.20. The Kier molecular flexibility index (Phi) is 3.93. The van der Waals surface area contributed by atoms with Crippen LogP contribution in [0.15, 0.2) is 0 Å². The summed E-state index contributed by atoms with van der Waals surface area (Å²) in [6.07, 6.45) is 0.132. The zero-order valence-electron chi connectivity index (χ0n) is 12.0. The van der Waals surface area contributed by atoms with E-state index in [0.717, 1.165) is 0 Å². The molecule has 1 fully saturated rings. The van der Waals surface area contributed by atoms with Crippen molar-refractivity contribution in [1.82, 2.24) is 5.32 Å². The zero-order chi connectivity index (χ0) is 14.1. The first-order valence-electron chi connectivity index (χ1n) is 6.20. The van der Waals surface area contributed by atoms with Gasteiger partial charge in [-0.05, 0) is 48.0 Å². The minimum atomic E-state index is -0.527. The number of carbonyl (C=O) groups excluding carboxylic acids is 2. The van der Waals surface area contributed by atoms with E-state index < -0.39 is 17.3 Å². The van der Waals surface area contributed by atoms with Gasteiger partial charge < -0.3 is 14.8 Å². The lowest BCUT2D eigenvalue weighted by atomic mass is 10.2. The Morgan fingerprint density at radius 2 is 1.50 bits per heavy atom. The second-order valence-electron chi connectivity index (χ2n) is 6.63. The highest BCUT2D eigenvalue weighted by Crippen LogP contribution is 2.33. The number of nitrogens with one attached hydrogen (secondary N) is 1. The quantitative estimate of drug-likeness (QED) is 0.770. The summed E-state index contributed by atoms with van der Waals surface area (Å²) >= 11 is 0. The van der Waals surface area contributed by atoms with Crippen LogP contribution in [0.4, 0.5) is 4.79 Å². The Hall–Kier alpha value is -1.26. The Labute approximate surface area is 108 Å². The molecule has 2 atom stereocenters. The lowest BCUT2D eigenvalue weighted by Gasteiger charge is -2.20. The van der Waals surface area contributed by atoms with Crippen molar-refractivity contribution < 1.29 is 19.1 Å². The van der Waals surface area contributed by atoms with Gasteiger partial charge in [-0.3, -0.25) is 4.79 Å². The van der Waals surface area contributed by atoms with Gasteiger partial charge in [0.05, 0.1) is 5.92 Å². The second kappa shape index (κ2) is 4.78. The summed E-state index contributed by atoms with van der Waals surface area (Å²) in [6, 6.07) is -0.158. The highest BCUT2D eigenvalue weighted by atomic mass is 16.6.